The molecule has 0 spiro atoms. The first-order chi connectivity index (χ1) is 6.42. The zero-order valence-corrected chi connectivity index (χ0v) is 12.1. The molecule has 13 heavy (non-hydrogen) atoms. The normalized spacial score (nSPS) is 19.2. The molecule has 0 nitrogen and oxygen atoms in total. The van der Waals surface area contributed by atoms with Crippen molar-refractivity contribution < 1.29 is 21.8 Å². The van der Waals surface area contributed by atoms with Gasteiger partial charge in [0.1, 0.15) is 0 Å². The van der Waals surface area contributed by atoms with E-state index in [-0.39, 0.29) is 0 Å². The maximum absolute atomic E-state index is 2.58. The molecule has 0 aliphatic heterocycles. The summed E-state index contributed by atoms with van der Waals surface area (Å²) >= 11 is 1.25. The molecule has 0 aromatic rings. The Morgan fingerprint density at radius 2 is 1.62 bits per heavy atom. The number of hydrogen-bond donors (Lipinski definition) is 0. The second-order valence-electron chi connectivity index (χ2n) is 3.26. The average Bonchev–Trinajstić information content (AvgIpc) is 2.76. The van der Waals surface area contributed by atoms with Crippen LogP contribution in [-0.2, 0) is 21.8 Å². The van der Waals surface area contributed by atoms with Gasteiger partial charge in [-0.25, -0.2) is 0 Å². The summed E-state index contributed by atoms with van der Waals surface area (Å²) in [5.41, 5.74) is 0. The minimum absolute atomic E-state index is 1.25. The summed E-state index contributed by atoms with van der Waals surface area (Å²) in [5, 5.41) is 0. The molecular weight excluding hydrogens is 350 g/mol. The molecule has 2 aliphatic carbocycles. The molecular formula is C11H12IZr. The van der Waals surface area contributed by atoms with Crippen LogP contribution in [-0.4, -0.2) is 2.14 Å². The summed E-state index contributed by atoms with van der Waals surface area (Å²) in [7, 11) is 0. The predicted molar refractivity (Wildman–Crippen MR) is 62.6 cm³/mol. The third kappa shape index (κ3) is 2.33. The Balaban J connectivity index is 2.09. The number of rotatable bonds is 3. The summed E-state index contributed by atoms with van der Waals surface area (Å²) < 4.78 is 4.97. The summed E-state index contributed by atoms with van der Waals surface area (Å²) in [6, 6.07) is 0. The van der Waals surface area contributed by atoms with Gasteiger partial charge in [-0.1, -0.05) is 0 Å². The van der Waals surface area contributed by atoms with Crippen molar-refractivity contribution in [2.45, 2.75) is 12.8 Å². The average molecular weight is 362 g/mol. The van der Waals surface area contributed by atoms with Crippen LogP contribution in [0.3, 0.4) is 0 Å². The molecule has 0 aromatic carbocycles. The zero-order valence-electron chi connectivity index (χ0n) is 7.46. The van der Waals surface area contributed by atoms with E-state index in [0.717, 1.165) is 0 Å². The topological polar surface area (TPSA) is 0 Å². The van der Waals surface area contributed by atoms with Crippen molar-refractivity contribution in [3.63, 3.8) is 0 Å². The molecule has 0 saturated heterocycles. The van der Waals surface area contributed by atoms with E-state index >= 15 is 0 Å². The molecule has 0 fully saturated rings. The van der Waals surface area contributed by atoms with Gasteiger partial charge in [0.25, 0.3) is 0 Å². The van der Waals surface area contributed by atoms with E-state index in [1.165, 1.54) is 15.0 Å². The third-order valence-corrected chi connectivity index (χ3v) is 13.3. The molecule has 0 aromatic heterocycles. The second kappa shape index (κ2) is 4.88. The van der Waals surface area contributed by atoms with Crippen LogP contribution in [0.25, 0.3) is 0 Å². The molecule has 0 atom stereocenters. The zero-order chi connectivity index (χ0) is 9.10. The van der Waals surface area contributed by atoms with Gasteiger partial charge in [0, 0.05) is 0 Å². The Morgan fingerprint density at radius 1 is 1.08 bits per heavy atom. The van der Waals surface area contributed by atoms with Crippen molar-refractivity contribution in [2.24, 2.45) is 0 Å². The summed E-state index contributed by atoms with van der Waals surface area (Å²) in [6.45, 7) is 0. The quantitative estimate of drug-likeness (QED) is 0.531. The van der Waals surface area contributed by atoms with Crippen LogP contribution in [0.4, 0.5) is 0 Å². The van der Waals surface area contributed by atoms with Crippen LogP contribution in [0.15, 0.2) is 43.0 Å². The van der Waals surface area contributed by atoms with Crippen molar-refractivity contribution in [1.82, 2.24) is 0 Å². The molecule has 67 valence electrons. The molecule has 0 N–H and O–H groups in total. The Bertz CT molecular complexity index is 280. The van der Waals surface area contributed by atoms with E-state index in [0.29, 0.717) is 0 Å². The van der Waals surface area contributed by atoms with Gasteiger partial charge in [0.15, 0.2) is 0 Å². The van der Waals surface area contributed by atoms with Crippen molar-refractivity contribution in [3.05, 3.63) is 43.0 Å². The maximum atomic E-state index is 2.58. The van der Waals surface area contributed by atoms with Gasteiger partial charge in [-0.2, -0.15) is 0 Å². The molecule has 0 heterocycles. The van der Waals surface area contributed by atoms with Gasteiger partial charge >= 0.3 is 102 Å². The fourth-order valence-electron chi connectivity index (χ4n) is 1.72. The molecule has 0 radical (unpaired) electrons. The van der Waals surface area contributed by atoms with Crippen LogP contribution in [0.2, 0.25) is 0 Å². The standard InChI is InChI=1S/2C5H5.CH2I.Zr/c2*1-2-4-5-3-1;1-2;/h2*1-3H,4H2;1H2;. The molecule has 0 bridgehead atoms. The van der Waals surface area contributed by atoms with Crippen molar-refractivity contribution in [1.29, 1.82) is 0 Å². The fraction of sp³-hybridized carbons (Fsp3) is 0.273. The first-order valence-corrected chi connectivity index (χ1v) is 10.3. The SMILES string of the molecule is I[CH2][Zr]([C]1=CC=CC1)[C]1=CC=CC1. The minimum atomic E-state index is -1.32. The number of alkyl halides is 1. The molecule has 2 rings (SSSR count). The monoisotopic (exact) mass is 361 g/mol. The van der Waals surface area contributed by atoms with Gasteiger partial charge in [-0.3, -0.25) is 0 Å². The van der Waals surface area contributed by atoms with E-state index in [9.17, 15) is 0 Å². The Morgan fingerprint density at radius 3 is 1.92 bits per heavy atom. The Kier molecular flexibility index (Phi) is 3.79. The fourth-order valence-corrected chi connectivity index (χ4v) is 12.6. The van der Waals surface area contributed by atoms with Gasteiger partial charge in [-0.05, 0) is 0 Å². The van der Waals surface area contributed by atoms with Gasteiger partial charge in [0.2, 0.25) is 0 Å². The van der Waals surface area contributed by atoms with Gasteiger partial charge < -0.3 is 0 Å². The molecule has 0 unspecified atom stereocenters. The molecule has 0 amide bonds. The van der Waals surface area contributed by atoms with E-state index in [1.54, 1.807) is 6.56 Å². The van der Waals surface area contributed by atoms with Crippen LogP contribution in [0, 0.1) is 0 Å². The summed E-state index contributed by atoms with van der Waals surface area (Å²) in [6.07, 6.45) is 16.3. The van der Waals surface area contributed by atoms with Crippen LogP contribution < -0.4 is 0 Å². The van der Waals surface area contributed by atoms with Crippen molar-refractivity contribution >= 4 is 22.6 Å². The van der Waals surface area contributed by atoms with Crippen LogP contribution in [0.1, 0.15) is 12.8 Å². The third-order valence-electron chi connectivity index (χ3n) is 2.45. The Hall–Kier alpha value is 0.573. The van der Waals surface area contributed by atoms with E-state index < -0.39 is 21.8 Å². The van der Waals surface area contributed by atoms with Gasteiger partial charge in [-0.15, -0.1) is 0 Å². The molecule has 2 aliphatic rings. The van der Waals surface area contributed by atoms with Crippen molar-refractivity contribution in [3.8, 4) is 0 Å². The van der Waals surface area contributed by atoms with E-state index in [2.05, 4.69) is 59.0 Å². The first-order valence-electron chi connectivity index (χ1n) is 4.56. The first kappa shape index (κ1) is 10.1. The summed E-state index contributed by atoms with van der Waals surface area (Å²) in [4.78, 5) is 0. The van der Waals surface area contributed by atoms with Crippen molar-refractivity contribution in [2.75, 3.05) is 2.14 Å². The second-order valence-corrected chi connectivity index (χ2v) is 13.9. The Labute approximate surface area is 101 Å². The van der Waals surface area contributed by atoms with Crippen LogP contribution >= 0.6 is 22.6 Å². The predicted octanol–water partition coefficient (Wildman–Crippen LogP) is 3.68. The number of halogens is 1. The molecule has 0 saturated carbocycles. The van der Waals surface area contributed by atoms with E-state index in [4.69, 9.17) is 0 Å². The summed E-state index contributed by atoms with van der Waals surface area (Å²) in [5.74, 6) is 0. The van der Waals surface area contributed by atoms with Gasteiger partial charge in [0.05, 0.1) is 0 Å². The van der Waals surface area contributed by atoms with Crippen LogP contribution in [0.5, 0.6) is 0 Å². The van der Waals surface area contributed by atoms with E-state index in [1.807, 2.05) is 0 Å². The number of hydrogen-bond acceptors (Lipinski definition) is 0. The molecule has 2 heteroatoms. The number of allylic oxidation sites excluding steroid dienone is 8.